The summed E-state index contributed by atoms with van der Waals surface area (Å²) in [6, 6.07) is 0. The van der Waals surface area contributed by atoms with Gasteiger partial charge in [-0.1, -0.05) is 32.8 Å². The van der Waals surface area contributed by atoms with E-state index in [1.165, 1.54) is 4.91 Å². The molecule has 2 N–H and O–H groups in total. The summed E-state index contributed by atoms with van der Waals surface area (Å²) in [5, 5.41) is 20.5. The van der Waals surface area contributed by atoms with Gasteiger partial charge >= 0.3 is 29.6 Å². The Labute approximate surface area is 146 Å². The zero-order valence-electron chi connectivity index (χ0n) is 12.8. The summed E-state index contributed by atoms with van der Waals surface area (Å²) >= 11 is 5.43. The summed E-state index contributed by atoms with van der Waals surface area (Å²) in [6.07, 6.45) is 0. The molecule has 0 aliphatic rings. The average molecular weight is 317 g/mol. The maximum Gasteiger partial charge on any atom is 1.00 e. The van der Waals surface area contributed by atoms with Crippen LogP contribution in [0.1, 0.15) is 27.7 Å². The van der Waals surface area contributed by atoms with E-state index in [-0.39, 0.29) is 53.6 Å². The van der Waals surface area contributed by atoms with Crippen molar-refractivity contribution in [1.29, 1.82) is 0 Å². The van der Waals surface area contributed by atoms with Crippen LogP contribution in [0.5, 0.6) is 0 Å². The Morgan fingerprint density at radius 2 is 1.35 bits per heavy atom. The largest absolute Gasteiger partial charge is 1.00 e. The fourth-order valence-electron chi connectivity index (χ4n) is 0.315. The van der Waals surface area contributed by atoms with Crippen molar-refractivity contribution in [2.24, 2.45) is 15.9 Å². The number of rotatable bonds is 5. The van der Waals surface area contributed by atoms with Gasteiger partial charge in [0.25, 0.3) is 0 Å². The Bertz CT molecular complexity index is 296. The molecule has 0 aromatic carbocycles. The molecule has 0 fully saturated rings. The molecule has 0 saturated carbocycles. The first-order valence-electron chi connectivity index (χ1n) is 5.43. The third-order valence-corrected chi connectivity index (χ3v) is 2.50. The third kappa shape index (κ3) is 26.4. The summed E-state index contributed by atoms with van der Waals surface area (Å²) in [5.74, 6) is 0.517. The fraction of sp³-hybridized carbons (Fsp3) is 1.00. The minimum absolute atomic E-state index is 0. The van der Waals surface area contributed by atoms with Gasteiger partial charge in [-0.05, 0) is 10.9 Å². The van der Waals surface area contributed by atoms with Gasteiger partial charge in [-0.3, -0.25) is 4.91 Å². The van der Waals surface area contributed by atoms with E-state index in [1.54, 1.807) is 0 Å². The number of alkyl halides is 1. The van der Waals surface area contributed by atoms with Crippen molar-refractivity contribution in [3.8, 4) is 0 Å². The van der Waals surface area contributed by atoms with Crippen LogP contribution >= 0.6 is 11.6 Å². The van der Waals surface area contributed by atoms with Crippen molar-refractivity contribution >= 4 is 11.6 Å². The number of aliphatic hydroxyl groups excluding tert-OH is 2. The molecule has 8 nitrogen and oxygen atoms in total. The summed E-state index contributed by atoms with van der Waals surface area (Å²) < 4.78 is 0. The van der Waals surface area contributed by atoms with Crippen molar-refractivity contribution in [2.75, 3.05) is 25.6 Å². The number of hydrogen-bond acceptors (Lipinski definition) is 3. The van der Waals surface area contributed by atoms with E-state index in [0.29, 0.717) is 12.4 Å². The Kier molecular flexibility index (Phi) is 23.7. The topological polar surface area (TPSA) is 148 Å². The molecule has 0 aromatic rings. The molecule has 0 unspecified atom stereocenters. The van der Waals surface area contributed by atoms with E-state index in [4.69, 9.17) is 38.4 Å². The Morgan fingerprint density at radius 3 is 1.50 bits per heavy atom. The summed E-state index contributed by atoms with van der Waals surface area (Å²) in [7, 11) is 0. The van der Waals surface area contributed by atoms with Crippen molar-refractivity contribution < 1.29 is 39.8 Å². The van der Waals surface area contributed by atoms with Crippen LogP contribution in [0.4, 0.5) is 0 Å². The van der Waals surface area contributed by atoms with E-state index in [0.717, 1.165) is 0 Å². The van der Waals surface area contributed by atoms with Crippen molar-refractivity contribution in [3.63, 3.8) is 0 Å². The quantitative estimate of drug-likeness (QED) is 0.249. The molecule has 0 aliphatic carbocycles. The van der Waals surface area contributed by atoms with Gasteiger partial charge in [-0.25, -0.2) is 0 Å². The van der Waals surface area contributed by atoms with E-state index < -0.39 is 0 Å². The minimum Gasteiger partial charge on any atom is -0.396 e. The van der Waals surface area contributed by atoms with Gasteiger partial charge in [0.1, 0.15) is 0 Å². The van der Waals surface area contributed by atoms with Crippen LogP contribution in [-0.2, 0) is 0 Å². The molecule has 0 radical (unpaired) electrons. The molecule has 0 rings (SSSR count). The Morgan fingerprint density at radius 1 is 1.00 bits per heavy atom. The van der Waals surface area contributed by atoms with Gasteiger partial charge in [0, 0.05) is 36.0 Å². The smallest absolute Gasteiger partial charge is 0.396 e. The van der Waals surface area contributed by atoms with Crippen molar-refractivity contribution in [1.82, 2.24) is 0 Å². The summed E-state index contributed by atoms with van der Waals surface area (Å²) in [5.41, 5.74) is 21.0. The molecular formula is C10H22ClN6NaO2. The maximum absolute atomic E-state index is 8.64. The summed E-state index contributed by atoms with van der Waals surface area (Å²) in [6.45, 7) is 8.06. The van der Waals surface area contributed by atoms with Crippen LogP contribution in [0.15, 0.2) is 5.11 Å². The Hall–Kier alpha value is -0.170. The molecule has 0 bridgehead atoms. The molecule has 20 heavy (non-hydrogen) atoms. The molecule has 0 spiro atoms. The second-order valence-corrected chi connectivity index (χ2v) is 5.52. The van der Waals surface area contributed by atoms with Gasteiger partial charge in [-0.2, -0.15) is 0 Å². The van der Waals surface area contributed by atoms with E-state index in [2.05, 4.69) is 10.0 Å². The third-order valence-electron chi connectivity index (χ3n) is 1.78. The van der Waals surface area contributed by atoms with Crippen molar-refractivity contribution in [3.05, 3.63) is 26.4 Å². The first kappa shape index (κ1) is 28.1. The molecule has 0 atom stereocenters. The SMILES string of the molecule is CC(C)(CO)CCl.CC(C)(CO)CN=[N+]=[N-].[N-]=[N+]=[N-].[Na+]. The first-order chi connectivity index (χ1) is 8.66. The standard InChI is InChI=1S/C5H11ClO.C5H11N3O.N3.Na/c1-5(2,3-6)4-7;1-5(2,4-9)3-7-8-6;1-3-2;/h7H,3-4H2,1-2H3;9H,3-4H2,1-2H3;;/q;;-1;+1. The molecule has 0 heterocycles. The van der Waals surface area contributed by atoms with Gasteiger partial charge in [0.2, 0.25) is 0 Å². The second-order valence-electron chi connectivity index (χ2n) is 5.26. The number of azide groups is 1. The summed E-state index contributed by atoms with van der Waals surface area (Å²) in [4.78, 5) is 4.08. The zero-order valence-corrected chi connectivity index (χ0v) is 15.5. The van der Waals surface area contributed by atoms with Crippen LogP contribution in [0.2, 0.25) is 0 Å². The fourth-order valence-corrected chi connectivity index (χ4v) is 0.400. The van der Waals surface area contributed by atoms with Crippen LogP contribution in [0.3, 0.4) is 0 Å². The minimum atomic E-state index is -0.272. The van der Waals surface area contributed by atoms with E-state index in [9.17, 15) is 0 Å². The first-order valence-corrected chi connectivity index (χ1v) is 5.96. The average Bonchev–Trinajstić information content (AvgIpc) is 2.38. The number of halogens is 1. The van der Waals surface area contributed by atoms with Gasteiger partial charge in [0.15, 0.2) is 0 Å². The predicted octanol–water partition coefficient (Wildman–Crippen LogP) is 0.429. The van der Waals surface area contributed by atoms with Crippen LogP contribution in [-0.4, -0.2) is 35.9 Å². The van der Waals surface area contributed by atoms with Gasteiger partial charge < -0.3 is 21.3 Å². The molecule has 10 heteroatoms. The predicted molar refractivity (Wildman–Crippen MR) is 76.5 cm³/mol. The van der Waals surface area contributed by atoms with E-state index >= 15 is 0 Å². The normalized spacial score (nSPS) is 9.35. The molecule has 0 amide bonds. The molecular weight excluding hydrogens is 295 g/mol. The molecule has 112 valence electrons. The van der Waals surface area contributed by atoms with Crippen LogP contribution in [0.25, 0.3) is 26.4 Å². The van der Waals surface area contributed by atoms with Crippen molar-refractivity contribution in [2.45, 2.75) is 27.7 Å². The zero-order chi connectivity index (χ0) is 15.9. The monoisotopic (exact) mass is 316 g/mol. The number of nitrogens with zero attached hydrogens (tertiary/aromatic N) is 6. The van der Waals surface area contributed by atoms with Gasteiger partial charge in [-0.15, -0.1) is 11.6 Å². The Balaban J connectivity index is -0.000000105. The second kappa shape index (κ2) is 16.9. The van der Waals surface area contributed by atoms with Gasteiger partial charge in [0.05, 0.1) is 0 Å². The van der Waals surface area contributed by atoms with Crippen LogP contribution < -0.4 is 29.6 Å². The van der Waals surface area contributed by atoms with E-state index in [1.807, 2.05) is 27.7 Å². The van der Waals surface area contributed by atoms with Crippen LogP contribution in [0, 0.1) is 10.8 Å². The molecule has 0 aromatic heterocycles. The molecule has 0 aliphatic heterocycles. The number of aliphatic hydroxyl groups is 2. The molecule has 0 saturated heterocycles. The number of hydrogen-bond donors (Lipinski definition) is 2. The maximum atomic E-state index is 8.64.